The van der Waals surface area contributed by atoms with Gasteiger partial charge in [0, 0.05) is 29.8 Å². The number of benzene rings is 2. The number of carbonyl (C=O) groups excluding carboxylic acids is 1. The van der Waals surface area contributed by atoms with Gasteiger partial charge in [0.2, 0.25) is 0 Å². The van der Waals surface area contributed by atoms with E-state index in [1.807, 2.05) is 12.1 Å². The van der Waals surface area contributed by atoms with Gasteiger partial charge >= 0.3 is 0 Å². The second kappa shape index (κ2) is 7.83. The summed E-state index contributed by atoms with van der Waals surface area (Å²) in [5, 5.41) is 21.1. The van der Waals surface area contributed by atoms with Gasteiger partial charge in [0.15, 0.2) is 5.82 Å². The molecule has 1 aromatic heterocycles. The fraction of sp³-hybridized carbons (Fsp3) is 0.238. The highest BCUT2D eigenvalue weighted by Crippen LogP contribution is 2.31. The molecule has 0 radical (unpaired) electrons. The number of hydrogen-bond donors (Lipinski definition) is 1. The van der Waals surface area contributed by atoms with E-state index in [0.717, 1.165) is 43.0 Å². The van der Waals surface area contributed by atoms with Crippen LogP contribution in [0.1, 0.15) is 41.0 Å². The molecule has 0 atom stereocenters. The van der Waals surface area contributed by atoms with Gasteiger partial charge in [-0.05, 0) is 49.2 Å². The molecule has 6 nitrogen and oxygen atoms in total. The lowest BCUT2D eigenvalue weighted by atomic mass is 10.1. The Labute approximate surface area is 167 Å². The Bertz CT molecular complexity index is 1080. The first kappa shape index (κ1) is 18.2. The number of nitrogens with zero attached hydrogens (tertiary/aromatic N) is 4. The predicted molar refractivity (Wildman–Crippen MR) is 107 cm³/mol. The van der Waals surface area contributed by atoms with Crippen LogP contribution in [-0.2, 0) is 13.0 Å². The molecule has 28 heavy (non-hydrogen) atoms. The van der Waals surface area contributed by atoms with Crippen LogP contribution in [-0.4, -0.2) is 20.7 Å². The molecule has 1 N–H and O–H groups in total. The van der Waals surface area contributed by atoms with Crippen molar-refractivity contribution in [2.45, 2.75) is 32.2 Å². The minimum absolute atomic E-state index is 0.287. The molecule has 1 aliphatic rings. The van der Waals surface area contributed by atoms with Crippen molar-refractivity contribution in [3.05, 3.63) is 64.4 Å². The molecule has 0 saturated carbocycles. The number of aromatic nitrogens is 3. The number of hydrogen-bond acceptors (Lipinski definition) is 4. The van der Waals surface area contributed by atoms with Gasteiger partial charge in [0.25, 0.3) is 5.91 Å². The molecule has 0 spiro atoms. The van der Waals surface area contributed by atoms with Crippen molar-refractivity contribution in [2.75, 3.05) is 5.32 Å². The van der Waals surface area contributed by atoms with E-state index in [1.165, 1.54) is 6.42 Å². The lowest BCUT2D eigenvalue weighted by molar-refractivity contribution is 0.102. The average Bonchev–Trinajstić information content (AvgIpc) is 2.97. The summed E-state index contributed by atoms with van der Waals surface area (Å²) in [6.45, 7) is 0.867. The number of anilines is 1. The van der Waals surface area contributed by atoms with Crippen LogP contribution in [0.3, 0.4) is 0 Å². The lowest BCUT2D eigenvalue weighted by Crippen LogP contribution is -2.12. The third-order valence-electron chi connectivity index (χ3n) is 4.83. The van der Waals surface area contributed by atoms with E-state index in [9.17, 15) is 4.79 Å². The standard InChI is InChI=1S/C21H18ClN5O/c22-18-9-8-16(24-21(28)15-6-4-5-14(11-15)13-23)12-17(18)20-26-25-19-7-2-1-3-10-27(19)20/h4-6,8-9,11-12H,1-3,7,10H2,(H,24,28). The normalized spacial score (nSPS) is 13.3. The molecule has 7 heteroatoms. The van der Waals surface area contributed by atoms with E-state index in [0.29, 0.717) is 21.8 Å². The number of amides is 1. The Morgan fingerprint density at radius 3 is 2.89 bits per heavy atom. The number of nitrogens with one attached hydrogen (secondary N) is 1. The fourth-order valence-corrected chi connectivity index (χ4v) is 3.59. The van der Waals surface area contributed by atoms with Crippen LogP contribution in [0.5, 0.6) is 0 Å². The smallest absolute Gasteiger partial charge is 0.255 e. The lowest BCUT2D eigenvalue weighted by Gasteiger charge is -2.11. The van der Waals surface area contributed by atoms with Gasteiger partial charge in [-0.1, -0.05) is 24.1 Å². The van der Waals surface area contributed by atoms with Gasteiger partial charge in [-0.15, -0.1) is 10.2 Å². The molecule has 140 valence electrons. The van der Waals surface area contributed by atoms with Crippen LogP contribution < -0.4 is 5.32 Å². The molecule has 0 saturated heterocycles. The van der Waals surface area contributed by atoms with Crippen LogP contribution in [0.15, 0.2) is 42.5 Å². The maximum Gasteiger partial charge on any atom is 0.255 e. The van der Waals surface area contributed by atoms with E-state index in [1.54, 1.807) is 36.4 Å². The van der Waals surface area contributed by atoms with Crippen molar-refractivity contribution < 1.29 is 4.79 Å². The molecule has 4 rings (SSSR count). The fourth-order valence-electron chi connectivity index (χ4n) is 3.39. The zero-order valence-corrected chi connectivity index (χ0v) is 15.9. The third kappa shape index (κ3) is 3.62. The first-order valence-corrected chi connectivity index (χ1v) is 9.57. The number of fused-ring (bicyclic) bond motifs is 1. The Morgan fingerprint density at radius 1 is 1.14 bits per heavy atom. The first-order chi connectivity index (χ1) is 13.7. The molecular formula is C21H18ClN5O. The molecule has 0 fully saturated rings. The highest BCUT2D eigenvalue weighted by Gasteiger charge is 2.18. The molecule has 0 aliphatic carbocycles. The van der Waals surface area contributed by atoms with Gasteiger partial charge < -0.3 is 9.88 Å². The SMILES string of the molecule is N#Cc1cccc(C(=O)Nc2ccc(Cl)c(-c3nnc4n3CCCCC4)c2)c1. The van der Waals surface area contributed by atoms with Gasteiger partial charge in [0.1, 0.15) is 5.82 Å². The van der Waals surface area contributed by atoms with Crippen molar-refractivity contribution in [1.82, 2.24) is 14.8 Å². The summed E-state index contributed by atoms with van der Waals surface area (Å²) in [5.74, 6) is 1.42. The second-order valence-electron chi connectivity index (χ2n) is 6.74. The van der Waals surface area contributed by atoms with Crippen molar-refractivity contribution >= 4 is 23.2 Å². The molecule has 0 unspecified atom stereocenters. The summed E-state index contributed by atoms with van der Waals surface area (Å²) in [7, 11) is 0. The average molecular weight is 392 g/mol. The number of carbonyl (C=O) groups is 1. The number of rotatable bonds is 3. The molecule has 2 heterocycles. The Kier molecular flexibility index (Phi) is 5.09. The van der Waals surface area contributed by atoms with Crippen molar-refractivity contribution in [2.24, 2.45) is 0 Å². The van der Waals surface area contributed by atoms with Crippen molar-refractivity contribution in [3.8, 4) is 17.5 Å². The molecular weight excluding hydrogens is 374 g/mol. The van der Waals surface area contributed by atoms with Crippen molar-refractivity contribution in [1.29, 1.82) is 5.26 Å². The van der Waals surface area contributed by atoms with E-state index in [2.05, 4.69) is 20.1 Å². The van der Waals surface area contributed by atoms with Gasteiger partial charge in [-0.3, -0.25) is 4.79 Å². The van der Waals surface area contributed by atoms with E-state index in [-0.39, 0.29) is 5.91 Å². The highest BCUT2D eigenvalue weighted by molar-refractivity contribution is 6.33. The quantitative estimate of drug-likeness (QED) is 0.714. The maximum absolute atomic E-state index is 12.6. The van der Waals surface area contributed by atoms with Crippen LogP contribution in [0.25, 0.3) is 11.4 Å². The first-order valence-electron chi connectivity index (χ1n) is 9.19. The van der Waals surface area contributed by atoms with E-state index in [4.69, 9.17) is 16.9 Å². The minimum Gasteiger partial charge on any atom is -0.322 e. The summed E-state index contributed by atoms with van der Waals surface area (Å²) in [6, 6.07) is 13.9. The summed E-state index contributed by atoms with van der Waals surface area (Å²) in [5.41, 5.74) is 2.21. The zero-order valence-electron chi connectivity index (χ0n) is 15.2. The summed E-state index contributed by atoms with van der Waals surface area (Å²) < 4.78 is 2.12. The Morgan fingerprint density at radius 2 is 2.04 bits per heavy atom. The Hall–Kier alpha value is -3.17. The van der Waals surface area contributed by atoms with Gasteiger partial charge in [-0.2, -0.15) is 5.26 Å². The predicted octanol–water partition coefficient (Wildman–Crippen LogP) is 4.45. The van der Waals surface area contributed by atoms with Gasteiger partial charge in [-0.25, -0.2) is 0 Å². The van der Waals surface area contributed by atoms with E-state index < -0.39 is 0 Å². The third-order valence-corrected chi connectivity index (χ3v) is 5.16. The number of halogens is 1. The molecule has 1 aliphatic heterocycles. The summed E-state index contributed by atoms with van der Waals surface area (Å²) in [6.07, 6.45) is 4.29. The summed E-state index contributed by atoms with van der Waals surface area (Å²) in [4.78, 5) is 12.6. The number of nitriles is 1. The second-order valence-corrected chi connectivity index (χ2v) is 7.15. The highest BCUT2D eigenvalue weighted by atomic mass is 35.5. The summed E-state index contributed by atoms with van der Waals surface area (Å²) >= 11 is 6.43. The van der Waals surface area contributed by atoms with Crippen LogP contribution in [0.2, 0.25) is 5.02 Å². The molecule has 1 amide bonds. The maximum atomic E-state index is 12.6. The topological polar surface area (TPSA) is 83.6 Å². The molecule has 2 aromatic carbocycles. The van der Waals surface area contributed by atoms with Crippen LogP contribution >= 0.6 is 11.6 Å². The largest absolute Gasteiger partial charge is 0.322 e. The minimum atomic E-state index is -0.287. The molecule has 0 bridgehead atoms. The monoisotopic (exact) mass is 391 g/mol. The number of aryl methyl sites for hydroxylation is 1. The molecule has 3 aromatic rings. The Balaban J connectivity index is 1.64. The zero-order chi connectivity index (χ0) is 19.5. The van der Waals surface area contributed by atoms with E-state index >= 15 is 0 Å². The van der Waals surface area contributed by atoms with Crippen LogP contribution in [0, 0.1) is 11.3 Å². The van der Waals surface area contributed by atoms with Gasteiger partial charge in [0.05, 0.1) is 16.7 Å². The van der Waals surface area contributed by atoms with Crippen molar-refractivity contribution in [3.63, 3.8) is 0 Å². The van der Waals surface area contributed by atoms with Crippen LogP contribution in [0.4, 0.5) is 5.69 Å².